The Hall–Kier alpha value is -1.89. The van der Waals surface area contributed by atoms with Gasteiger partial charge in [-0.15, -0.1) is 0 Å². The van der Waals surface area contributed by atoms with Crippen molar-refractivity contribution in [2.24, 2.45) is 0 Å². The predicted molar refractivity (Wildman–Crippen MR) is 61.0 cm³/mol. The van der Waals surface area contributed by atoms with Gasteiger partial charge in [0.2, 0.25) is 5.89 Å². The lowest BCUT2D eigenvalue weighted by Crippen LogP contribution is -2.13. The predicted octanol–water partition coefficient (Wildman–Crippen LogP) is 1.49. The summed E-state index contributed by atoms with van der Waals surface area (Å²) < 4.78 is 30.7. The van der Waals surface area contributed by atoms with Crippen LogP contribution in [0.3, 0.4) is 0 Å². The minimum atomic E-state index is -3.65. The highest BCUT2D eigenvalue weighted by atomic mass is 32.2. The molecule has 1 N–H and O–H groups in total. The number of nitrogens with zero attached hydrogens (tertiary/aromatic N) is 2. The van der Waals surface area contributed by atoms with Crippen molar-refractivity contribution in [3.8, 4) is 0 Å². The van der Waals surface area contributed by atoms with E-state index in [1.807, 2.05) is 6.92 Å². The summed E-state index contributed by atoms with van der Waals surface area (Å²) in [5.74, 6) is 0.231. The summed E-state index contributed by atoms with van der Waals surface area (Å²) in [6, 6.07) is 6.47. The van der Waals surface area contributed by atoms with Crippen LogP contribution in [0, 0.1) is 13.8 Å². The van der Waals surface area contributed by atoms with E-state index in [4.69, 9.17) is 0 Å². The van der Waals surface area contributed by atoms with E-state index in [1.165, 1.54) is 12.1 Å². The van der Waals surface area contributed by atoms with E-state index >= 15 is 0 Å². The van der Waals surface area contributed by atoms with Crippen LogP contribution in [0.25, 0.3) is 0 Å². The third kappa shape index (κ3) is 2.62. The molecular weight excluding hydrogens is 242 g/mol. The van der Waals surface area contributed by atoms with Crippen LogP contribution in [0.4, 0.5) is 5.95 Å². The van der Waals surface area contributed by atoms with Gasteiger partial charge in [0, 0.05) is 6.92 Å². The van der Waals surface area contributed by atoms with Crippen LogP contribution in [0.1, 0.15) is 11.5 Å². The van der Waals surface area contributed by atoms with Crippen molar-refractivity contribution in [2.75, 3.05) is 4.72 Å². The maximum absolute atomic E-state index is 11.9. The highest BCUT2D eigenvalue weighted by Crippen LogP contribution is 2.14. The lowest BCUT2D eigenvalue weighted by Gasteiger charge is -2.03. The van der Waals surface area contributed by atoms with Crippen LogP contribution in [0.2, 0.25) is 0 Å². The summed E-state index contributed by atoms with van der Waals surface area (Å²) in [5.41, 5.74) is 0.986. The molecule has 2 rings (SSSR count). The van der Waals surface area contributed by atoms with E-state index in [-0.39, 0.29) is 10.8 Å². The Kier molecular flexibility index (Phi) is 2.84. The normalized spacial score (nSPS) is 11.4. The molecule has 0 saturated heterocycles. The quantitative estimate of drug-likeness (QED) is 0.895. The molecule has 0 radical (unpaired) electrons. The van der Waals surface area contributed by atoms with Crippen molar-refractivity contribution in [1.82, 2.24) is 10.1 Å². The van der Waals surface area contributed by atoms with Crippen LogP contribution >= 0.6 is 0 Å². The molecule has 0 saturated carbocycles. The SMILES string of the molecule is Cc1ccc(S(=O)(=O)Nc2noc(C)n2)cc1. The number of hydrogen-bond donors (Lipinski definition) is 1. The van der Waals surface area contributed by atoms with Crippen molar-refractivity contribution in [1.29, 1.82) is 0 Å². The van der Waals surface area contributed by atoms with Crippen molar-refractivity contribution < 1.29 is 12.9 Å². The van der Waals surface area contributed by atoms with Crippen molar-refractivity contribution in [3.63, 3.8) is 0 Å². The molecule has 7 heteroatoms. The van der Waals surface area contributed by atoms with Crippen LogP contribution < -0.4 is 4.72 Å². The summed E-state index contributed by atoms with van der Waals surface area (Å²) in [4.78, 5) is 3.93. The minimum absolute atomic E-state index is 0.0666. The lowest BCUT2D eigenvalue weighted by molar-refractivity contribution is 0.395. The molecule has 0 fully saturated rings. The van der Waals surface area contributed by atoms with E-state index in [0.29, 0.717) is 5.89 Å². The Morgan fingerprint density at radius 3 is 2.35 bits per heavy atom. The zero-order valence-electron chi connectivity index (χ0n) is 9.34. The fourth-order valence-electron chi connectivity index (χ4n) is 1.24. The molecule has 2 aromatic rings. The van der Waals surface area contributed by atoms with E-state index in [9.17, 15) is 8.42 Å². The molecule has 17 heavy (non-hydrogen) atoms. The van der Waals surface area contributed by atoms with Crippen molar-refractivity contribution in [2.45, 2.75) is 18.7 Å². The summed E-state index contributed by atoms with van der Waals surface area (Å²) in [6.45, 7) is 3.46. The fourth-order valence-corrected chi connectivity index (χ4v) is 2.17. The number of sulfonamides is 1. The summed E-state index contributed by atoms with van der Waals surface area (Å²) in [6.07, 6.45) is 0. The number of anilines is 1. The highest BCUT2D eigenvalue weighted by molar-refractivity contribution is 7.92. The van der Waals surface area contributed by atoms with Gasteiger partial charge in [0.05, 0.1) is 4.90 Å². The van der Waals surface area contributed by atoms with Gasteiger partial charge < -0.3 is 4.52 Å². The third-order valence-electron chi connectivity index (χ3n) is 2.08. The van der Waals surface area contributed by atoms with Crippen molar-refractivity contribution in [3.05, 3.63) is 35.7 Å². The summed E-state index contributed by atoms with van der Waals surface area (Å²) in [5, 5.41) is 3.47. The number of nitrogens with one attached hydrogen (secondary N) is 1. The smallest absolute Gasteiger partial charge is 0.277 e. The monoisotopic (exact) mass is 253 g/mol. The molecule has 0 spiro atoms. The van der Waals surface area contributed by atoms with Crippen LogP contribution in [0.5, 0.6) is 0 Å². The molecule has 0 aliphatic carbocycles. The minimum Gasteiger partial charge on any atom is -0.338 e. The number of aryl methyl sites for hydroxylation is 2. The molecule has 1 aromatic heterocycles. The van der Waals surface area contributed by atoms with Gasteiger partial charge in [0.25, 0.3) is 16.0 Å². The zero-order valence-corrected chi connectivity index (χ0v) is 10.2. The Balaban J connectivity index is 2.28. The molecule has 0 aliphatic rings. The third-order valence-corrected chi connectivity index (χ3v) is 3.43. The Morgan fingerprint density at radius 2 is 1.82 bits per heavy atom. The number of rotatable bonds is 3. The molecular formula is C10H11N3O3S. The van der Waals surface area contributed by atoms with Gasteiger partial charge in [-0.05, 0) is 24.2 Å². The number of aromatic nitrogens is 2. The Labute approximate surface area is 98.7 Å². The van der Waals surface area contributed by atoms with Crippen molar-refractivity contribution >= 4 is 16.0 Å². The van der Waals surface area contributed by atoms with Gasteiger partial charge >= 0.3 is 0 Å². The molecule has 0 aliphatic heterocycles. The van der Waals surface area contributed by atoms with Gasteiger partial charge in [-0.25, -0.2) is 13.1 Å². The van der Waals surface area contributed by atoms with Gasteiger partial charge in [0.15, 0.2) is 0 Å². The van der Waals surface area contributed by atoms with Gasteiger partial charge in [-0.2, -0.15) is 4.98 Å². The first-order valence-corrected chi connectivity index (χ1v) is 6.35. The second kappa shape index (κ2) is 4.17. The van der Waals surface area contributed by atoms with Gasteiger partial charge in [-0.3, -0.25) is 0 Å². The second-order valence-corrected chi connectivity index (χ2v) is 5.24. The standard InChI is InChI=1S/C10H11N3O3S/c1-7-3-5-9(6-4-7)17(14,15)13-10-11-8(2)16-12-10/h3-6H,1-2H3,(H,12,13). The molecule has 0 bridgehead atoms. The van der Waals surface area contributed by atoms with Crippen LogP contribution in [-0.2, 0) is 10.0 Å². The molecule has 0 unspecified atom stereocenters. The molecule has 90 valence electrons. The largest absolute Gasteiger partial charge is 0.338 e. The van der Waals surface area contributed by atoms with Crippen LogP contribution in [-0.4, -0.2) is 18.6 Å². The maximum Gasteiger partial charge on any atom is 0.277 e. The number of hydrogen-bond acceptors (Lipinski definition) is 5. The first-order valence-electron chi connectivity index (χ1n) is 4.87. The molecule has 0 amide bonds. The molecule has 1 aromatic carbocycles. The highest BCUT2D eigenvalue weighted by Gasteiger charge is 2.16. The lowest BCUT2D eigenvalue weighted by atomic mass is 10.2. The second-order valence-electron chi connectivity index (χ2n) is 3.56. The average molecular weight is 253 g/mol. The maximum atomic E-state index is 11.9. The van der Waals surface area contributed by atoms with E-state index in [2.05, 4.69) is 19.4 Å². The topological polar surface area (TPSA) is 85.1 Å². The van der Waals surface area contributed by atoms with E-state index < -0.39 is 10.0 Å². The van der Waals surface area contributed by atoms with E-state index in [0.717, 1.165) is 5.56 Å². The van der Waals surface area contributed by atoms with Crippen LogP contribution in [0.15, 0.2) is 33.7 Å². The van der Waals surface area contributed by atoms with Gasteiger partial charge in [0.1, 0.15) is 0 Å². The van der Waals surface area contributed by atoms with Gasteiger partial charge in [-0.1, -0.05) is 17.7 Å². The first kappa shape index (κ1) is 11.6. The molecule has 0 atom stereocenters. The Morgan fingerprint density at radius 1 is 1.18 bits per heavy atom. The molecule has 1 heterocycles. The Bertz CT molecular complexity index is 617. The average Bonchev–Trinajstić information content (AvgIpc) is 2.63. The van der Waals surface area contributed by atoms with E-state index in [1.54, 1.807) is 19.1 Å². The summed E-state index contributed by atoms with van der Waals surface area (Å²) in [7, 11) is -3.65. The first-order chi connectivity index (χ1) is 7.97. The summed E-state index contributed by atoms with van der Waals surface area (Å²) >= 11 is 0. The fraction of sp³-hybridized carbons (Fsp3) is 0.200. The number of benzene rings is 1. The zero-order chi connectivity index (χ0) is 12.5. The molecule has 6 nitrogen and oxygen atoms in total.